The lowest BCUT2D eigenvalue weighted by Gasteiger charge is -2.11. The van der Waals surface area contributed by atoms with Gasteiger partial charge in [0.15, 0.2) is 0 Å². The van der Waals surface area contributed by atoms with Crippen LogP contribution in [-0.2, 0) is 24.2 Å². The minimum atomic E-state index is -1.16. The van der Waals surface area contributed by atoms with Gasteiger partial charge in [0, 0.05) is 6.42 Å². The van der Waals surface area contributed by atoms with Crippen molar-refractivity contribution < 1.29 is 29.3 Å². The molecule has 0 aliphatic rings. The summed E-state index contributed by atoms with van der Waals surface area (Å²) in [6.45, 7) is 0. The Balaban J connectivity index is 3.94. The van der Waals surface area contributed by atoms with Crippen LogP contribution in [-0.4, -0.2) is 47.1 Å². The maximum atomic E-state index is 11.3. The number of carbonyl (C=O) groups excluding carboxylic acids is 2. The van der Waals surface area contributed by atoms with E-state index in [1.807, 2.05) is 6.26 Å². The average molecular weight is 294 g/mol. The molecule has 0 aliphatic carbocycles. The number of carboxylic acids is 1. The predicted molar refractivity (Wildman–Crippen MR) is 68.0 cm³/mol. The molecule has 0 heterocycles. The molecule has 0 aromatic heterocycles. The second kappa shape index (κ2) is 9.59. The van der Waals surface area contributed by atoms with E-state index in [1.54, 1.807) is 0 Å². The van der Waals surface area contributed by atoms with Crippen molar-refractivity contribution >= 4 is 29.7 Å². The monoisotopic (exact) mass is 294 g/mol. The fourth-order valence-electron chi connectivity index (χ4n) is 0.965. The topological polar surface area (TPSA) is 142 Å². The van der Waals surface area contributed by atoms with Gasteiger partial charge in [-0.15, -0.1) is 0 Å². The molecule has 19 heavy (non-hydrogen) atoms. The van der Waals surface area contributed by atoms with Crippen molar-refractivity contribution in [2.45, 2.75) is 31.3 Å². The third kappa shape index (κ3) is 8.41. The molecule has 2 unspecified atom stereocenters. The highest BCUT2D eigenvalue weighted by Gasteiger charge is 2.22. The van der Waals surface area contributed by atoms with Crippen molar-refractivity contribution in [3.8, 4) is 0 Å². The van der Waals surface area contributed by atoms with Gasteiger partial charge in [-0.05, 0) is 24.9 Å². The number of nitrogens with two attached hydrogens (primary N) is 2. The molecular formula is C10H18N2O6S. The van der Waals surface area contributed by atoms with Crippen molar-refractivity contribution in [3.63, 3.8) is 0 Å². The number of thioether (sulfide) groups is 1. The van der Waals surface area contributed by atoms with Crippen LogP contribution in [0.25, 0.3) is 0 Å². The van der Waals surface area contributed by atoms with Crippen molar-refractivity contribution in [3.05, 3.63) is 0 Å². The van der Waals surface area contributed by atoms with Gasteiger partial charge >= 0.3 is 17.9 Å². The number of carboxylic acid groups (broad SMARTS) is 1. The van der Waals surface area contributed by atoms with Gasteiger partial charge in [0.25, 0.3) is 0 Å². The van der Waals surface area contributed by atoms with E-state index in [1.165, 1.54) is 11.8 Å². The Bertz CT molecular complexity index is 325. The molecule has 0 aliphatic heterocycles. The third-order valence-corrected chi connectivity index (χ3v) is 2.76. The molecular weight excluding hydrogens is 276 g/mol. The molecule has 110 valence electrons. The molecule has 0 aromatic carbocycles. The zero-order valence-electron chi connectivity index (χ0n) is 10.5. The van der Waals surface area contributed by atoms with E-state index in [2.05, 4.69) is 9.78 Å². The summed E-state index contributed by atoms with van der Waals surface area (Å²) in [4.78, 5) is 41.2. The van der Waals surface area contributed by atoms with Crippen LogP contribution >= 0.6 is 11.8 Å². The lowest BCUT2D eigenvalue weighted by molar-refractivity contribution is -0.261. The summed E-state index contributed by atoms with van der Waals surface area (Å²) in [6, 6.07) is -2.04. The molecule has 9 heteroatoms. The number of carbonyl (C=O) groups is 3. The normalized spacial score (nSPS) is 13.4. The molecule has 0 bridgehead atoms. The van der Waals surface area contributed by atoms with Crippen molar-refractivity contribution in [2.24, 2.45) is 11.5 Å². The summed E-state index contributed by atoms with van der Waals surface area (Å²) < 4.78 is 0. The SMILES string of the molecule is CSCCC(N)C(=O)OOC(=O)C(N)CCC(=O)O. The van der Waals surface area contributed by atoms with Crippen LogP contribution in [0.15, 0.2) is 0 Å². The zero-order chi connectivity index (χ0) is 14.8. The van der Waals surface area contributed by atoms with Crippen LogP contribution in [0.4, 0.5) is 0 Å². The zero-order valence-corrected chi connectivity index (χ0v) is 11.4. The summed E-state index contributed by atoms with van der Waals surface area (Å²) in [5, 5.41) is 8.41. The largest absolute Gasteiger partial charge is 0.481 e. The first-order valence-electron chi connectivity index (χ1n) is 5.52. The standard InChI is InChI=1S/C10H18N2O6S/c1-19-5-4-7(12)10(16)18-17-9(15)6(11)2-3-8(13)14/h6-7H,2-5,11-12H2,1H3,(H,13,14). The van der Waals surface area contributed by atoms with Crippen LogP contribution in [0.1, 0.15) is 19.3 Å². The second-order valence-electron chi connectivity index (χ2n) is 3.73. The summed E-state index contributed by atoms with van der Waals surface area (Å²) in [6.07, 6.45) is 1.86. The molecule has 0 amide bonds. The Labute approximate surface area is 114 Å². The van der Waals surface area contributed by atoms with Crippen LogP contribution in [0, 0.1) is 0 Å². The third-order valence-electron chi connectivity index (χ3n) is 2.11. The molecule has 0 radical (unpaired) electrons. The highest BCUT2D eigenvalue weighted by molar-refractivity contribution is 7.98. The molecule has 0 aromatic rings. The van der Waals surface area contributed by atoms with Crippen molar-refractivity contribution in [1.29, 1.82) is 0 Å². The van der Waals surface area contributed by atoms with E-state index in [0.29, 0.717) is 12.2 Å². The molecule has 0 spiro atoms. The highest BCUT2D eigenvalue weighted by atomic mass is 32.2. The van der Waals surface area contributed by atoms with Gasteiger partial charge in [0.1, 0.15) is 12.1 Å². The van der Waals surface area contributed by atoms with E-state index in [-0.39, 0.29) is 12.8 Å². The maximum absolute atomic E-state index is 11.3. The van der Waals surface area contributed by atoms with E-state index in [0.717, 1.165) is 0 Å². The second-order valence-corrected chi connectivity index (χ2v) is 4.72. The Morgan fingerprint density at radius 1 is 1.11 bits per heavy atom. The Hall–Kier alpha value is -1.32. The summed E-state index contributed by atoms with van der Waals surface area (Å²) >= 11 is 1.51. The summed E-state index contributed by atoms with van der Waals surface area (Å²) in [7, 11) is 0. The van der Waals surface area contributed by atoms with Gasteiger partial charge in [0.05, 0.1) is 0 Å². The van der Waals surface area contributed by atoms with Crippen LogP contribution in [0.2, 0.25) is 0 Å². The number of hydrogen-bond acceptors (Lipinski definition) is 8. The molecule has 0 saturated carbocycles. The molecule has 8 nitrogen and oxygen atoms in total. The number of aliphatic carboxylic acids is 1. The number of hydrogen-bond donors (Lipinski definition) is 3. The van der Waals surface area contributed by atoms with E-state index >= 15 is 0 Å². The minimum absolute atomic E-state index is 0.107. The Morgan fingerprint density at radius 3 is 2.00 bits per heavy atom. The summed E-state index contributed by atoms with van der Waals surface area (Å²) in [5.41, 5.74) is 10.8. The van der Waals surface area contributed by atoms with Crippen LogP contribution in [0.3, 0.4) is 0 Å². The average Bonchev–Trinajstić information content (AvgIpc) is 2.38. The fraction of sp³-hybridized carbons (Fsp3) is 0.700. The van der Waals surface area contributed by atoms with Gasteiger partial charge in [-0.2, -0.15) is 11.8 Å². The lowest BCUT2D eigenvalue weighted by Crippen LogP contribution is -2.37. The predicted octanol–water partition coefficient (Wildman–Crippen LogP) is -0.740. The molecule has 0 fully saturated rings. The Morgan fingerprint density at radius 2 is 1.58 bits per heavy atom. The summed E-state index contributed by atoms with van der Waals surface area (Å²) in [5.74, 6) is -2.29. The van der Waals surface area contributed by atoms with Crippen molar-refractivity contribution in [1.82, 2.24) is 0 Å². The highest BCUT2D eigenvalue weighted by Crippen LogP contribution is 2.02. The van der Waals surface area contributed by atoms with Crippen molar-refractivity contribution in [2.75, 3.05) is 12.0 Å². The van der Waals surface area contributed by atoms with Gasteiger partial charge in [-0.25, -0.2) is 19.4 Å². The van der Waals surface area contributed by atoms with Crippen LogP contribution in [0.5, 0.6) is 0 Å². The lowest BCUT2D eigenvalue weighted by atomic mass is 10.2. The van der Waals surface area contributed by atoms with Gasteiger partial charge < -0.3 is 16.6 Å². The van der Waals surface area contributed by atoms with Gasteiger partial charge in [0.2, 0.25) is 0 Å². The fourth-order valence-corrected chi connectivity index (χ4v) is 1.45. The first-order valence-corrected chi connectivity index (χ1v) is 6.92. The van der Waals surface area contributed by atoms with Gasteiger partial charge in [-0.1, -0.05) is 0 Å². The van der Waals surface area contributed by atoms with E-state index in [9.17, 15) is 14.4 Å². The first kappa shape index (κ1) is 17.7. The van der Waals surface area contributed by atoms with Crippen LogP contribution < -0.4 is 11.5 Å². The smallest absolute Gasteiger partial charge is 0.372 e. The number of rotatable bonds is 8. The minimum Gasteiger partial charge on any atom is -0.481 e. The van der Waals surface area contributed by atoms with E-state index in [4.69, 9.17) is 16.6 Å². The quantitative estimate of drug-likeness (QED) is 0.389. The van der Waals surface area contributed by atoms with E-state index < -0.39 is 30.0 Å². The molecule has 0 rings (SSSR count). The molecule has 5 N–H and O–H groups in total. The maximum Gasteiger partial charge on any atom is 0.372 e. The van der Waals surface area contributed by atoms with Gasteiger partial charge in [-0.3, -0.25) is 4.79 Å². The molecule has 0 saturated heterocycles. The molecule has 2 atom stereocenters. The Kier molecular flexibility index (Phi) is 8.92. The first-order chi connectivity index (χ1) is 8.88.